The largest absolute Gasteiger partial charge is 0.441 e. The molecule has 6 heteroatoms. The molecular weight excluding hydrogens is 332 g/mol. The van der Waals surface area contributed by atoms with E-state index < -0.39 is 6.09 Å². The number of anilines is 1. The van der Waals surface area contributed by atoms with Gasteiger partial charge in [-0.2, -0.15) is 0 Å². The summed E-state index contributed by atoms with van der Waals surface area (Å²) >= 11 is 0. The van der Waals surface area contributed by atoms with E-state index in [2.05, 4.69) is 24.5 Å². The lowest BCUT2D eigenvalue weighted by Gasteiger charge is -2.18. The highest BCUT2D eigenvalue weighted by Crippen LogP contribution is 2.31. The van der Waals surface area contributed by atoms with Gasteiger partial charge in [-0.3, -0.25) is 5.32 Å². The molecule has 4 atom stereocenters. The van der Waals surface area contributed by atoms with Gasteiger partial charge in [0, 0.05) is 5.69 Å². The molecule has 4 rings (SSSR count). The monoisotopic (exact) mass is 360 g/mol. The average molecular weight is 360 g/mol. The van der Waals surface area contributed by atoms with Crippen LogP contribution in [0.3, 0.4) is 0 Å². The molecule has 26 heavy (non-hydrogen) atoms. The first-order chi connectivity index (χ1) is 12.6. The molecule has 1 aromatic carbocycles. The Morgan fingerprint density at radius 2 is 1.88 bits per heavy atom. The Balaban J connectivity index is 1.27. The number of ether oxygens (including phenoxy) is 3. The van der Waals surface area contributed by atoms with Crippen molar-refractivity contribution in [2.45, 2.75) is 57.0 Å². The van der Waals surface area contributed by atoms with Crippen LogP contribution in [0.2, 0.25) is 0 Å². The highest BCUT2D eigenvalue weighted by Gasteiger charge is 2.49. The summed E-state index contributed by atoms with van der Waals surface area (Å²) in [5.74, 6) is 1.28. The highest BCUT2D eigenvalue weighted by atomic mass is 16.6. The van der Waals surface area contributed by atoms with Crippen LogP contribution in [0.5, 0.6) is 0 Å². The van der Waals surface area contributed by atoms with E-state index in [1.807, 2.05) is 24.3 Å². The highest BCUT2D eigenvalue weighted by molar-refractivity contribution is 5.84. The van der Waals surface area contributed by atoms with Gasteiger partial charge in [-0.15, -0.1) is 0 Å². The van der Waals surface area contributed by atoms with Gasteiger partial charge in [-0.25, -0.2) is 4.79 Å². The minimum absolute atomic E-state index is 0.0307. The Bertz CT molecular complexity index is 629. The summed E-state index contributed by atoms with van der Waals surface area (Å²) in [5.41, 5.74) is 1.96. The van der Waals surface area contributed by atoms with Gasteiger partial charge in [0.05, 0.1) is 19.3 Å². The minimum atomic E-state index is -0.463. The van der Waals surface area contributed by atoms with Gasteiger partial charge in [-0.1, -0.05) is 26.0 Å². The van der Waals surface area contributed by atoms with Crippen molar-refractivity contribution >= 4 is 11.8 Å². The van der Waals surface area contributed by atoms with E-state index in [9.17, 15) is 4.79 Å². The first kappa shape index (κ1) is 17.8. The number of rotatable bonds is 6. The van der Waals surface area contributed by atoms with Gasteiger partial charge in [0.2, 0.25) is 0 Å². The number of nitrogens with one attached hydrogen (secondary N) is 2. The topological polar surface area (TPSA) is 68.8 Å². The normalized spacial score (nSPS) is 30.4. The van der Waals surface area contributed by atoms with Crippen molar-refractivity contribution in [3.05, 3.63) is 29.8 Å². The van der Waals surface area contributed by atoms with E-state index >= 15 is 0 Å². The molecule has 4 unspecified atom stereocenters. The van der Waals surface area contributed by atoms with E-state index in [0.717, 1.165) is 18.2 Å². The molecule has 1 amide bonds. The van der Waals surface area contributed by atoms with Gasteiger partial charge in [0.25, 0.3) is 0 Å². The molecule has 0 aromatic heterocycles. The van der Waals surface area contributed by atoms with Crippen molar-refractivity contribution in [1.82, 2.24) is 5.32 Å². The molecule has 3 fully saturated rings. The number of amides is 1. The molecule has 0 radical (unpaired) electrons. The second kappa shape index (κ2) is 7.55. The van der Waals surface area contributed by atoms with E-state index in [0.29, 0.717) is 19.1 Å². The number of fused-ring (bicyclic) bond motifs is 1. The van der Waals surface area contributed by atoms with E-state index in [4.69, 9.17) is 14.2 Å². The van der Waals surface area contributed by atoms with Crippen molar-refractivity contribution in [1.29, 1.82) is 0 Å². The molecule has 142 valence electrons. The summed E-state index contributed by atoms with van der Waals surface area (Å²) in [6.07, 6.45) is 1.61. The maximum absolute atomic E-state index is 12.2. The van der Waals surface area contributed by atoms with E-state index in [1.54, 1.807) is 0 Å². The molecule has 1 aliphatic carbocycles. The maximum Gasteiger partial charge on any atom is 0.412 e. The number of benzene rings is 1. The van der Waals surface area contributed by atoms with Gasteiger partial charge in [-0.05, 0) is 48.9 Å². The fourth-order valence-electron chi connectivity index (χ4n) is 3.62. The molecule has 2 aliphatic heterocycles. The summed E-state index contributed by atoms with van der Waals surface area (Å²) < 4.78 is 17.3. The Morgan fingerprint density at radius 1 is 1.15 bits per heavy atom. The molecule has 2 heterocycles. The Morgan fingerprint density at radius 3 is 2.58 bits per heavy atom. The third-order valence-electron chi connectivity index (χ3n) is 5.46. The van der Waals surface area contributed by atoms with Gasteiger partial charge < -0.3 is 19.5 Å². The minimum Gasteiger partial charge on any atom is -0.441 e. The zero-order valence-corrected chi connectivity index (χ0v) is 15.4. The van der Waals surface area contributed by atoms with Crippen molar-refractivity contribution in [2.24, 2.45) is 5.92 Å². The lowest BCUT2D eigenvalue weighted by molar-refractivity contribution is 0.00856. The van der Waals surface area contributed by atoms with Crippen LogP contribution in [-0.4, -0.2) is 50.2 Å². The lowest BCUT2D eigenvalue weighted by atomic mass is 10.0. The number of hydrogen-bond acceptors (Lipinski definition) is 5. The molecular formula is C20H28N2O4. The number of hydrogen-bond donors (Lipinski definition) is 2. The number of carbonyl (C=O) groups is 1. The molecule has 6 nitrogen and oxygen atoms in total. The molecule has 0 spiro atoms. The molecule has 2 N–H and O–H groups in total. The molecule has 1 saturated carbocycles. The predicted molar refractivity (Wildman–Crippen MR) is 98.4 cm³/mol. The average Bonchev–Trinajstić information content (AvgIpc) is 3.24. The van der Waals surface area contributed by atoms with Crippen molar-refractivity contribution in [3.8, 4) is 0 Å². The van der Waals surface area contributed by atoms with Crippen molar-refractivity contribution in [2.75, 3.05) is 25.1 Å². The van der Waals surface area contributed by atoms with Crippen LogP contribution in [-0.2, 0) is 14.2 Å². The maximum atomic E-state index is 12.2. The molecule has 3 aliphatic rings. The van der Waals surface area contributed by atoms with Crippen LogP contribution in [0.4, 0.5) is 10.5 Å². The van der Waals surface area contributed by atoms with E-state index in [-0.39, 0.29) is 24.4 Å². The van der Waals surface area contributed by atoms with Crippen LogP contribution in [0.15, 0.2) is 24.3 Å². The fraction of sp³-hybridized carbons (Fsp3) is 0.650. The molecule has 2 saturated heterocycles. The molecule has 0 bridgehead atoms. The first-order valence-electron chi connectivity index (χ1n) is 9.64. The van der Waals surface area contributed by atoms with Crippen molar-refractivity contribution < 1.29 is 19.0 Å². The van der Waals surface area contributed by atoms with Crippen LogP contribution >= 0.6 is 0 Å². The summed E-state index contributed by atoms with van der Waals surface area (Å²) in [5, 5.41) is 6.32. The smallest absolute Gasteiger partial charge is 0.412 e. The zero-order valence-electron chi connectivity index (χ0n) is 15.4. The van der Waals surface area contributed by atoms with E-state index in [1.165, 1.54) is 18.4 Å². The van der Waals surface area contributed by atoms with Crippen LogP contribution in [0.25, 0.3) is 0 Å². The zero-order chi connectivity index (χ0) is 18.1. The van der Waals surface area contributed by atoms with Crippen LogP contribution in [0, 0.1) is 5.92 Å². The second-order valence-electron chi connectivity index (χ2n) is 7.90. The van der Waals surface area contributed by atoms with Crippen LogP contribution < -0.4 is 10.6 Å². The van der Waals surface area contributed by atoms with Crippen LogP contribution in [0.1, 0.15) is 38.2 Å². The Kier molecular flexibility index (Phi) is 5.16. The molecule has 1 aromatic rings. The quantitative estimate of drug-likeness (QED) is 0.816. The van der Waals surface area contributed by atoms with Gasteiger partial charge in [0.15, 0.2) is 6.10 Å². The third kappa shape index (κ3) is 4.03. The Hall–Kier alpha value is -1.63. The predicted octanol–water partition coefficient (Wildman–Crippen LogP) is 2.89. The Labute approximate surface area is 154 Å². The van der Waals surface area contributed by atoms with Gasteiger partial charge >= 0.3 is 6.09 Å². The van der Waals surface area contributed by atoms with Crippen molar-refractivity contribution in [3.63, 3.8) is 0 Å². The summed E-state index contributed by atoms with van der Waals surface area (Å²) in [6.45, 7) is 6.30. The summed E-state index contributed by atoms with van der Waals surface area (Å²) in [7, 11) is 0. The second-order valence-corrected chi connectivity index (χ2v) is 7.90. The van der Waals surface area contributed by atoms with Gasteiger partial charge in [0.1, 0.15) is 12.2 Å². The summed E-state index contributed by atoms with van der Waals surface area (Å²) in [4.78, 5) is 12.2. The number of carbonyl (C=O) groups excluding carboxylic acids is 1. The lowest BCUT2D eigenvalue weighted by Crippen LogP contribution is -2.42. The standard InChI is InChI=1S/C20H28N2O4/c1-12(2)14-5-7-15(8-6-14)22-20(23)26-17-11-25-18-16(10-24-19(17)18)21-9-13-3-4-13/h5-8,12-13,16-19,21H,3-4,9-11H2,1-2H3,(H,22,23). The SMILES string of the molecule is CC(C)c1ccc(NC(=O)OC2COC3C(NCC4CC4)COC23)cc1. The first-order valence-corrected chi connectivity index (χ1v) is 9.64. The fourth-order valence-corrected chi connectivity index (χ4v) is 3.62. The third-order valence-corrected chi connectivity index (χ3v) is 5.46. The summed E-state index contributed by atoms with van der Waals surface area (Å²) in [6, 6.07) is 8.03.